The van der Waals surface area contributed by atoms with Gasteiger partial charge in [-0.05, 0) is 61.0 Å². The second kappa shape index (κ2) is 10.9. The lowest BCUT2D eigenvalue weighted by atomic mass is 10.2. The van der Waals surface area contributed by atoms with E-state index < -0.39 is 6.10 Å². The first kappa shape index (κ1) is 22.7. The van der Waals surface area contributed by atoms with Crippen LogP contribution in [0.1, 0.15) is 12.5 Å². The molecule has 1 N–H and O–H groups in total. The van der Waals surface area contributed by atoms with Crippen LogP contribution < -0.4 is 19.7 Å². The van der Waals surface area contributed by atoms with Crippen LogP contribution in [0.4, 0.5) is 11.4 Å². The van der Waals surface area contributed by atoms with Crippen LogP contribution >= 0.6 is 0 Å². The Balaban J connectivity index is 1.25. The Morgan fingerprint density at radius 1 is 0.879 bits per heavy atom. The lowest BCUT2D eigenvalue weighted by Gasteiger charge is -2.36. The molecule has 33 heavy (non-hydrogen) atoms. The van der Waals surface area contributed by atoms with Crippen molar-refractivity contribution in [2.45, 2.75) is 19.6 Å². The number of nitrogens with zero attached hydrogens (tertiary/aromatic N) is 2. The maximum absolute atomic E-state index is 12.5. The highest BCUT2D eigenvalue weighted by molar-refractivity contribution is 5.94. The molecule has 172 valence electrons. The average molecular weight is 446 g/mol. The molecule has 0 aliphatic carbocycles. The number of carbonyl (C=O) groups is 1. The molecule has 1 aliphatic heterocycles. The van der Waals surface area contributed by atoms with Gasteiger partial charge in [-0.25, -0.2) is 0 Å². The minimum atomic E-state index is -0.615. The minimum Gasteiger partial charge on any atom is -0.497 e. The number of amides is 1. The van der Waals surface area contributed by atoms with E-state index in [-0.39, 0.29) is 5.91 Å². The quantitative estimate of drug-likeness (QED) is 0.556. The summed E-state index contributed by atoms with van der Waals surface area (Å²) in [4.78, 5) is 17.4. The predicted molar refractivity (Wildman–Crippen MR) is 132 cm³/mol. The van der Waals surface area contributed by atoms with Crippen LogP contribution in [0.3, 0.4) is 0 Å². The zero-order valence-electron chi connectivity index (χ0n) is 19.2. The smallest absolute Gasteiger partial charge is 0.265 e. The van der Waals surface area contributed by atoms with Crippen molar-refractivity contribution >= 4 is 17.3 Å². The summed E-state index contributed by atoms with van der Waals surface area (Å²) < 4.78 is 10.9. The number of piperazine rings is 1. The topological polar surface area (TPSA) is 54.0 Å². The maximum Gasteiger partial charge on any atom is 0.265 e. The molecule has 4 rings (SSSR count). The highest BCUT2D eigenvalue weighted by Crippen LogP contribution is 2.21. The Labute approximate surface area is 195 Å². The molecule has 1 amide bonds. The number of methoxy groups -OCH3 is 1. The van der Waals surface area contributed by atoms with E-state index in [0.29, 0.717) is 5.75 Å². The van der Waals surface area contributed by atoms with Gasteiger partial charge >= 0.3 is 0 Å². The summed E-state index contributed by atoms with van der Waals surface area (Å²) in [5.74, 6) is 1.19. The second-order valence-corrected chi connectivity index (χ2v) is 8.22. The highest BCUT2D eigenvalue weighted by atomic mass is 16.5. The van der Waals surface area contributed by atoms with Crippen molar-refractivity contribution in [2.24, 2.45) is 0 Å². The van der Waals surface area contributed by atoms with Gasteiger partial charge in [0.2, 0.25) is 0 Å². The van der Waals surface area contributed by atoms with Crippen molar-refractivity contribution in [2.75, 3.05) is 43.5 Å². The normalized spacial score (nSPS) is 15.0. The van der Waals surface area contributed by atoms with Gasteiger partial charge in [-0.1, -0.05) is 30.3 Å². The Morgan fingerprint density at radius 2 is 1.52 bits per heavy atom. The van der Waals surface area contributed by atoms with Crippen LogP contribution in [-0.4, -0.2) is 50.2 Å². The van der Waals surface area contributed by atoms with Crippen LogP contribution in [0, 0.1) is 0 Å². The number of carbonyl (C=O) groups excluding carboxylic acids is 1. The van der Waals surface area contributed by atoms with Gasteiger partial charge in [0.1, 0.15) is 11.5 Å². The third kappa shape index (κ3) is 6.26. The number of rotatable bonds is 8. The molecule has 6 nitrogen and oxygen atoms in total. The lowest BCUT2D eigenvalue weighted by Crippen LogP contribution is -2.45. The molecular weight excluding hydrogens is 414 g/mol. The van der Waals surface area contributed by atoms with Crippen molar-refractivity contribution < 1.29 is 14.3 Å². The monoisotopic (exact) mass is 445 g/mol. The first-order valence-corrected chi connectivity index (χ1v) is 11.3. The molecule has 1 unspecified atom stereocenters. The standard InChI is InChI=1S/C27H31N3O3/c1-21(33-26-14-12-25(32-2)13-15-26)27(31)28-23-8-10-24(11-9-23)30-18-16-29(17-19-30)20-22-6-4-3-5-7-22/h3-15,21H,16-20H2,1-2H3,(H,28,31). The van der Waals surface area contributed by atoms with E-state index in [9.17, 15) is 4.79 Å². The highest BCUT2D eigenvalue weighted by Gasteiger charge is 2.18. The van der Waals surface area contributed by atoms with Crippen molar-refractivity contribution in [3.05, 3.63) is 84.4 Å². The Hall–Kier alpha value is -3.51. The molecule has 0 bridgehead atoms. The van der Waals surface area contributed by atoms with Crippen molar-refractivity contribution in [1.82, 2.24) is 4.90 Å². The number of anilines is 2. The SMILES string of the molecule is COc1ccc(OC(C)C(=O)Nc2ccc(N3CCN(Cc4ccccc4)CC3)cc2)cc1. The fourth-order valence-corrected chi connectivity index (χ4v) is 3.92. The molecule has 6 heteroatoms. The Kier molecular flexibility index (Phi) is 7.47. The van der Waals surface area contributed by atoms with Crippen LogP contribution in [-0.2, 0) is 11.3 Å². The van der Waals surface area contributed by atoms with Gasteiger partial charge < -0.3 is 19.7 Å². The fraction of sp³-hybridized carbons (Fsp3) is 0.296. The van der Waals surface area contributed by atoms with E-state index >= 15 is 0 Å². The third-order valence-electron chi connectivity index (χ3n) is 5.86. The summed E-state index contributed by atoms with van der Waals surface area (Å²) in [6.07, 6.45) is -0.615. The zero-order valence-corrected chi connectivity index (χ0v) is 19.2. The largest absolute Gasteiger partial charge is 0.497 e. The van der Waals surface area contributed by atoms with Gasteiger partial charge in [0, 0.05) is 44.1 Å². The summed E-state index contributed by atoms with van der Waals surface area (Å²) >= 11 is 0. The number of hydrogen-bond acceptors (Lipinski definition) is 5. The maximum atomic E-state index is 12.5. The summed E-state index contributed by atoms with van der Waals surface area (Å²) in [5.41, 5.74) is 3.29. The number of hydrogen-bond donors (Lipinski definition) is 1. The molecule has 0 spiro atoms. The second-order valence-electron chi connectivity index (χ2n) is 8.22. The summed E-state index contributed by atoms with van der Waals surface area (Å²) in [6, 6.07) is 25.8. The minimum absolute atomic E-state index is 0.187. The molecule has 1 atom stereocenters. The first-order valence-electron chi connectivity index (χ1n) is 11.3. The summed E-state index contributed by atoms with van der Waals surface area (Å²) in [6.45, 7) is 6.79. The summed E-state index contributed by atoms with van der Waals surface area (Å²) in [5, 5.41) is 2.93. The molecule has 3 aromatic rings. The van der Waals surface area contributed by atoms with Gasteiger partial charge in [0.15, 0.2) is 6.10 Å². The Morgan fingerprint density at radius 3 is 2.15 bits per heavy atom. The van der Waals surface area contributed by atoms with Gasteiger partial charge in [-0.2, -0.15) is 0 Å². The predicted octanol–water partition coefficient (Wildman–Crippen LogP) is 4.42. The molecule has 0 saturated carbocycles. The van der Waals surface area contributed by atoms with Crippen LogP contribution in [0.2, 0.25) is 0 Å². The molecular formula is C27H31N3O3. The number of benzene rings is 3. The first-order chi connectivity index (χ1) is 16.1. The van der Waals surface area contributed by atoms with Crippen LogP contribution in [0.5, 0.6) is 11.5 Å². The molecule has 1 aliphatic rings. The molecule has 1 fully saturated rings. The fourth-order valence-electron chi connectivity index (χ4n) is 3.92. The van der Waals surface area contributed by atoms with Gasteiger partial charge in [0.05, 0.1) is 7.11 Å². The molecule has 0 radical (unpaired) electrons. The average Bonchev–Trinajstić information content (AvgIpc) is 2.86. The molecule has 0 aromatic heterocycles. The Bertz CT molecular complexity index is 1010. The zero-order chi connectivity index (χ0) is 23.0. The van der Waals surface area contributed by atoms with Gasteiger partial charge in [-0.3, -0.25) is 9.69 Å². The third-order valence-corrected chi connectivity index (χ3v) is 5.86. The van der Waals surface area contributed by atoms with Gasteiger partial charge in [0.25, 0.3) is 5.91 Å². The molecule has 3 aromatic carbocycles. The van der Waals surface area contributed by atoms with E-state index in [1.807, 2.05) is 12.1 Å². The lowest BCUT2D eigenvalue weighted by molar-refractivity contribution is -0.122. The van der Waals surface area contributed by atoms with Crippen molar-refractivity contribution in [3.8, 4) is 11.5 Å². The van der Waals surface area contributed by atoms with Crippen LogP contribution in [0.25, 0.3) is 0 Å². The molecule has 1 saturated heterocycles. The van der Waals surface area contributed by atoms with E-state index in [1.54, 1.807) is 38.3 Å². The van der Waals surface area contributed by atoms with Crippen LogP contribution in [0.15, 0.2) is 78.9 Å². The van der Waals surface area contributed by atoms with E-state index in [4.69, 9.17) is 9.47 Å². The van der Waals surface area contributed by atoms with E-state index in [1.165, 1.54) is 11.3 Å². The van der Waals surface area contributed by atoms with Crippen molar-refractivity contribution in [3.63, 3.8) is 0 Å². The number of ether oxygens (including phenoxy) is 2. The number of nitrogens with one attached hydrogen (secondary N) is 1. The van der Waals surface area contributed by atoms with Gasteiger partial charge in [-0.15, -0.1) is 0 Å². The van der Waals surface area contributed by atoms with E-state index in [2.05, 4.69) is 57.6 Å². The van der Waals surface area contributed by atoms with Crippen molar-refractivity contribution in [1.29, 1.82) is 0 Å². The summed E-state index contributed by atoms with van der Waals surface area (Å²) in [7, 11) is 1.61. The molecule has 1 heterocycles. The van der Waals surface area contributed by atoms with E-state index in [0.717, 1.165) is 44.2 Å².